The lowest BCUT2D eigenvalue weighted by molar-refractivity contribution is 0.356. The van der Waals surface area contributed by atoms with Crippen molar-refractivity contribution in [3.8, 4) is 11.5 Å². The maximum Gasteiger partial charge on any atom is 0.162 e. The Morgan fingerprint density at radius 3 is 2.58 bits per heavy atom. The van der Waals surface area contributed by atoms with Crippen LogP contribution in [0.3, 0.4) is 0 Å². The molecule has 0 bridgehead atoms. The number of hydrazone groups is 1. The molecule has 7 heteroatoms. The number of ether oxygens (including phenoxy) is 2. The normalized spacial score (nSPS) is 10.9. The molecule has 0 radical (unpaired) electrons. The number of hydrazine groups is 1. The lowest BCUT2D eigenvalue weighted by Gasteiger charge is -2.06. The van der Waals surface area contributed by atoms with E-state index in [4.69, 9.17) is 20.7 Å². The van der Waals surface area contributed by atoms with Gasteiger partial charge in [0.25, 0.3) is 0 Å². The van der Waals surface area contributed by atoms with Crippen LogP contribution >= 0.6 is 11.3 Å². The molecule has 2 rings (SSSR count). The number of nitrogens with one attached hydrogen (secondary N) is 1. The second kappa shape index (κ2) is 5.68. The van der Waals surface area contributed by atoms with E-state index in [9.17, 15) is 0 Å². The number of methoxy groups -OCH3 is 2. The minimum absolute atomic E-state index is 0.691. The smallest absolute Gasteiger partial charge is 0.162 e. The zero-order valence-corrected chi connectivity index (χ0v) is 11.4. The van der Waals surface area contributed by atoms with Gasteiger partial charge in [0.05, 0.1) is 20.4 Å². The van der Waals surface area contributed by atoms with Crippen LogP contribution in [0.15, 0.2) is 23.3 Å². The molecule has 100 valence electrons. The Morgan fingerprint density at radius 1 is 1.26 bits per heavy atom. The topological polar surface area (TPSA) is 83.9 Å². The van der Waals surface area contributed by atoms with Crippen molar-refractivity contribution in [3.05, 3.63) is 23.1 Å². The van der Waals surface area contributed by atoms with Crippen molar-refractivity contribution in [2.24, 2.45) is 10.9 Å². The van der Waals surface area contributed by atoms with Gasteiger partial charge in [-0.2, -0.15) is 10.2 Å². The van der Waals surface area contributed by atoms with Crippen LogP contribution in [0, 0.1) is 5.41 Å². The molecular weight excluding hydrogens is 264 g/mol. The summed E-state index contributed by atoms with van der Waals surface area (Å²) in [6.07, 6.45) is 2.53. The summed E-state index contributed by atoms with van der Waals surface area (Å²) in [4.78, 5) is 0.933. The highest BCUT2D eigenvalue weighted by atomic mass is 32.1. The molecule has 0 saturated heterocycles. The number of thiophene rings is 1. The van der Waals surface area contributed by atoms with Crippen molar-refractivity contribution in [3.63, 3.8) is 0 Å². The first-order chi connectivity index (χ1) is 9.17. The first kappa shape index (κ1) is 13.3. The minimum Gasteiger partial charge on any atom is -0.493 e. The average Bonchev–Trinajstić information content (AvgIpc) is 2.84. The lowest BCUT2D eigenvalue weighted by atomic mass is 10.2. The Bertz CT molecular complexity index is 582. The van der Waals surface area contributed by atoms with E-state index in [0.29, 0.717) is 11.5 Å². The highest BCUT2D eigenvalue weighted by Gasteiger charge is 2.08. The Hall–Kier alpha value is -2.12. The van der Waals surface area contributed by atoms with Gasteiger partial charge in [-0.15, -0.1) is 11.3 Å². The van der Waals surface area contributed by atoms with Crippen molar-refractivity contribution >= 4 is 34.0 Å². The number of nitrogens with two attached hydrogens (primary N) is 1. The molecule has 0 atom stereocenters. The van der Waals surface area contributed by atoms with Gasteiger partial charge in [-0.3, -0.25) is 5.41 Å². The van der Waals surface area contributed by atoms with Crippen molar-refractivity contribution in [1.82, 2.24) is 5.12 Å². The van der Waals surface area contributed by atoms with Crippen LogP contribution in [0.5, 0.6) is 11.5 Å². The zero-order valence-electron chi connectivity index (χ0n) is 10.6. The molecule has 1 heterocycles. The van der Waals surface area contributed by atoms with Gasteiger partial charge in [-0.25, -0.2) is 5.84 Å². The fourth-order valence-electron chi connectivity index (χ4n) is 1.61. The first-order valence-electron chi connectivity index (χ1n) is 5.42. The zero-order chi connectivity index (χ0) is 13.8. The lowest BCUT2D eigenvalue weighted by Crippen LogP contribution is -2.22. The third-order valence-electron chi connectivity index (χ3n) is 2.49. The summed E-state index contributed by atoms with van der Waals surface area (Å²) in [7, 11) is 3.21. The van der Waals surface area contributed by atoms with Crippen molar-refractivity contribution in [2.45, 2.75) is 0 Å². The van der Waals surface area contributed by atoms with E-state index in [-0.39, 0.29) is 0 Å². The summed E-state index contributed by atoms with van der Waals surface area (Å²) in [6, 6.07) is 5.81. The summed E-state index contributed by atoms with van der Waals surface area (Å²) in [5.74, 6) is 6.75. The average molecular weight is 278 g/mol. The van der Waals surface area contributed by atoms with Crippen LogP contribution in [0.2, 0.25) is 0 Å². The molecule has 0 aliphatic heterocycles. The highest BCUT2D eigenvalue weighted by molar-refractivity contribution is 7.20. The van der Waals surface area contributed by atoms with Gasteiger partial charge in [0.2, 0.25) is 0 Å². The Balaban J connectivity index is 2.40. The fourth-order valence-corrected chi connectivity index (χ4v) is 2.55. The summed E-state index contributed by atoms with van der Waals surface area (Å²) in [6.45, 7) is 0. The molecule has 0 saturated carbocycles. The maximum atomic E-state index is 6.92. The van der Waals surface area contributed by atoms with E-state index in [0.717, 1.165) is 26.4 Å². The van der Waals surface area contributed by atoms with E-state index in [1.54, 1.807) is 31.8 Å². The monoisotopic (exact) mass is 278 g/mol. The summed E-state index contributed by atoms with van der Waals surface area (Å²) >= 11 is 1.56. The predicted octanol–water partition coefficient (Wildman–Crippen LogP) is 2.04. The van der Waals surface area contributed by atoms with E-state index in [2.05, 4.69) is 5.10 Å². The van der Waals surface area contributed by atoms with Gasteiger partial charge >= 0.3 is 0 Å². The van der Waals surface area contributed by atoms with Crippen molar-refractivity contribution < 1.29 is 9.47 Å². The third-order valence-corrected chi connectivity index (χ3v) is 3.52. The van der Waals surface area contributed by atoms with Crippen LogP contribution in [0.1, 0.15) is 4.88 Å². The van der Waals surface area contributed by atoms with E-state index in [1.807, 2.05) is 18.2 Å². The largest absolute Gasteiger partial charge is 0.493 e. The predicted molar refractivity (Wildman–Crippen MR) is 77.3 cm³/mol. The van der Waals surface area contributed by atoms with Gasteiger partial charge < -0.3 is 9.47 Å². The first-order valence-corrected chi connectivity index (χ1v) is 6.23. The minimum atomic E-state index is 0.691. The number of rotatable bonds is 5. The Kier molecular flexibility index (Phi) is 3.98. The number of nitrogens with zero attached hydrogens (tertiary/aromatic N) is 2. The summed E-state index contributed by atoms with van der Waals surface area (Å²) in [5.41, 5.74) is 0. The standard InChI is InChI=1S/C12H14N4O2S/c1-17-10-4-8-3-9(6-15-16(14)7-13)19-12(8)5-11(10)18-2/h3-7,13H,14H2,1-2H3. The number of hydrogen-bond acceptors (Lipinski definition) is 6. The van der Waals surface area contributed by atoms with Crippen LogP contribution in [0.4, 0.5) is 0 Å². The highest BCUT2D eigenvalue weighted by Crippen LogP contribution is 2.35. The molecule has 3 N–H and O–H groups in total. The van der Waals surface area contributed by atoms with Crippen LogP contribution in [0.25, 0.3) is 10.1 Å². The number of hydrogen-bond donors (Lipinski definition) is 2. The molecule has 1 aromatic carbocycles. The van der Waals surface area contributed by atoms with Crippen molar-refractivity contribution in [2.75, 3.05) is 14.2 Å². The molecule has 0 aliphatic carbocycles. The molecule has 0 spiro atoms. The molecule has 19 heavy (non-hydrogen) atoms. The van der Waals surface area contributed by atoms with Gasteiger partial charge in [-0.1, -0.05) is 0 Å². The Morgan fingerprint density at radius 2 is 1.95 bits per heavy atom. The van der Waals surface area contributed by atoms with Crippen LogP contribution < -0.4 is 15.3 Å². The number of fused-ring (bicyclic) bond motifs is 1. The van der Waals surface area contributed by atoms with Gasteiger partial charge in [0, 0.05) is 15.6 Å². The van der Waals surface area contributed by atoms with E-state index in [1.165, 1.54) is 0 Å². The van der Waals surface area contributed by atoms with Crippen LogP contribution in [-0.2, 0) is 0 Å². The van der Waals surface area contributed by atoms with E-state index >= 15 is 0 Å². The molecule has 0 fully saturated rings. The molecule has 0 amide bonds. The summed E-state index contributed by atoms with van der Waals surface area (Å²) < 4.78 is 11.6. The molecule has 2 aromatic rings. The second-order valence-corrected chi connectivity index (χ2v) is 4.76. The Labute approximate surface area is 114 Å². The van der Waals surface area contributed by atoms with Crippen molar-refractivity contribution in [1.29, 1.82) is 5.41 Å². The molecule has 1 aromatic heterocycles. The quantitative estimate of drug-likeness (QED) is 0.379. The van der Waals surface area contributed by atoms with Crippen LogP contribution in [-0.4, -0.2) is 31.9 Å². The maximum absolute atomic E-state index is 6.92. The number of benzene rings is 1. The van der Waals surface area contributed by atoms with E-state index < -0.39 is 0 Å². The van der Waals surface area contributed by atoms with Gasteiger partial charge in [0.15, 0.2) is 11.5 Å². The van der Waals surface area contributed by atoms with Gasteiger partial charge in [-0.05, 0) is 17.5 Å². The molecule has 0 unspecified atom stereocenters. The summed E-state index contributed by atoms with van der Waals surface area (Å²) in [5, 5.41) is 12.8. The van der Waals surface area contributed by atoms with Gasteiger partial charge in [0.1, 0.15) is 6.34 Å². The SMILES string of the molecule is COc1cc2cc(C=NN(N)C=N)sc2cc1OC. The molecular formula is C12H14N4O2S. The fraction of sp³-hybridized carbons (Fsp3) is 0.167. The second-order valence-electron chi connectivity index (χ2n) is 3.65. The molecule has 0 aliphatic rings. The third kappa shape index (κ3) is 2.83. The molecule has 6 nitrogen and oxygen atoms in total.